The summed E-state index contributed by atoms with van der Waals surface area (Å²) in [5.41, 5.74) is 0. The fourth-order valence-corrected chi connectivity index (χ4v) is 2.32. The van der Waals surface area contributed by atoms with Gasteiger partial charge in [0.15, 0.2) is 0 Å². The molecule has 0 radical (unpaired) electrons. The highest BCUT2D eigenvalue weighted by atomic mass is 16.5. The number of aliphatic hydroxyl groups is 1. The van der Waals surface area contributed by atoms with Gasteiger partial charge in [-0.2, -0.15) is 0 Å². The summed E-state index contributed by atoms with van der Waals surface area (Å²) in [7, 11) is 1.45. The van der Waals surface area contributed by atoms with Gasteiger partial charge >= 0.3 is 5.97 Å². The van der Waals surface area contributed by atoms with Gasteiger partial charge in [0.2, 0.25) is 0 Å². The molecule has 0 saturated carbocycles. The second-order valence-electron chi connectivity index (χ2n) is 4.54. The van der Waals surface area contributed by atoms with Crippen molar-refractivity contribution in [1.82, 2.24) is 10.2 Å². The Morgan fingerprint density at radius 1 is 1.53 bits per heavy atom. The number of methoxy groups -OCH3 is 1. The number of carbonyl (C=O) groups excluding carboxylic acids is 1. The van der Waals surface area contributed by atoms with E-state index in [-0.39, 0.29) is 18.5 Å². The zero-order valence-corrected chi connectivity index (χ0v) is 10.8. The summed E-state index contributed by atoms with van der Waals surface area (Å²) < 4.78 is 4.82. The highest BCUT2D eigenvalue weighted by Crippen LogP contribution is 2.18. The van der Waals surface area contributed by atoms with E-state index in [2.05, 4.69) is 17.1 Å². The molecule has 2 atom stereocenters. The summed E-state index contributed by atoms with van der Waals surface area (Å²) in [6.45, 7) is 5.82. The fraction of sp³-hybridized carbons (Fsp3) is 0.917. The molecule has 1 saturated heterocycles. The van der Waals surface area contributed by atoms with Crippen LogP contribution in [0, 0.1) is 5.92 Å². The first kappa shape index (κ1) is 14.4. The Morgan fingerprint density at radius 2 is 2.29 bits per heavy atom. The molecule has 0 bridgehead atoms. The lowest BCUT2D eigenvalue weighted by Gasteiger charge is -2.36. The van der Waals surface area contributed by atoms with E-state index in [0.29, 0.717) is 6.04 Å². The Bertz CT molecular complexity index is 236. The van der Waals surface area contributed by atoms with Gasteiger partial charge in [-0.1, -0.05) is 6.92 Å². The van der Waals surface area contributed by atoms with Crippen LogP contribution in [-0.2, 0) is 9.53 Å². The predicted octanol–water partition coefficient (Wildman–Crippen LogP) is -0.158. The van der Waals surface area contributed by atoms with Crippen molar-refractivity contribution < 1.29 is 14.6 Å². The summed E-state index contributed by atoms with van der Waals surface area (Å²) in [6.07, 6.45) is 1.58. The molecule has 5 heteroatoms. The van der Waals surface area contributed by atoms with Gasteiger partial charge in [0.05, 0.1) is 13.0 Å². The second kappa shape index (κ2) is 7.63. The molecular weight excluding hydrogens is 220 g/mol. The van der Waals surface area contributed by atoms with E-state index in [1.807, 2.05) is 0 Å². The Morgan fingerprint density at radius 3 is 2.88 bits per heavy atom. The van der Waals surface area contributed by atoms with Crippen LogP contribution in [-0.4, -0.2) is 61.9 Å². The molecule has 17 heavy (non-hydrogen) atoms. The minimum Gasteiger partial charge on any atom is -0.469 e. The third kappa shape index (κ3) is 4.61. The van der Waals surface area contributed by atoms with Crippen LogP contribution in [0.25, 0.3) is 0 Å². The molecule has 0 aromatic rings. The van der Waals surface area contributed by atoms with Crippen LogP contribution in [0.4, 0.5) is 0 Å². The quantitative estimate of drug-likeness (QED) is 0.502. The minimum atomic E-state index is -0.114. The van der Waals surface area contributed by atoms with Crippen LogP contribution in [0.5, 0.6) is 0 Å². The van der Waals surface area contributed by atoms with Gasteiger partial charge in [0.1, 0.15) is 0 Å². The summed E-state index contributed by atoms with van der Waals surface area (Å²) >= 11 is 0. The van der Waals surface area contributed by atoms with E-state index in [4.69, 9.17) is 9.84 Å². The normalized spacial score (nSPS) is 25.8. The monoisotopic (exact) mass is 244 g/mol. The highest BCUT2D eigenvalue weighted by molar-refractivity contribution is 5.72. The SMILES string of the molecule is CCN1CC(NCCCO)CC(C(=O)OC)C1. The largest absolute Gasteiger partial charge is 0.469 e. The van der Waals surface area contributed by atoms with Gasteiger partial charge in [-0.3, -0.25) is 4.79 Å². The number of aliphatic hydroxyl groups excluding tert-OH is 1. The van der Waals surface area contributed by atoms with E-state index < -0.39 is 0 Å². The Labute approximate surface area is 103 Å². The van der Waals surface area contributed by atoms with E-state index in [0.717, 1.165) is 39.0 Å². The molecule has 0 aromatic carbocycles. The third-order valence-corrected chi connectivity index (χ3v) is 3.28. The molecule has 100 valence electrons. The van der Waals surface area contributed by atoms with Crippen LogP contribution >= 0.6 is 0 Å². The Kier molecular flexibility index (Phi) is 6.47. The van der Waals surface area contributed by atoms with Crippen LogP contribution in [0.15, 0.2) is 0 Å². The molecule has 1 aliphatic rings. The first-order valence-electron chi connectivity index (χ1n) is 6.35. The van der Waals surface area contributed by atoms with Crippen molar-refractivity contribution in [3.8, 4) is 0 Å². The molecule has 0 aromatic heterocycles. The number of likely N-dealkylation sites (N-methyl/N-ethyl adjacent to an activating group) is 1. The van der Waals surface area contributed by atoms with Crippen molar-refractivity contribution in [1.29, 1.82) is 0 Å². The molecule has 1 fully saturated rings. The second-order valence-corrected chi connectivity index (χ2v) is 4.54. The number of carbonyl (C=O) groups is 1. The lowest BCUT2D eigenvalue weighted by atomic mass is 9.94. The van der Waals surface area contributed by atoms with E-state index >= 15 is 0 Å². The van der Waals surface area contributed by atoms with Gasteiger partial charge in [-0.15, -0.1) is 0 Å². The van der Waals surface area contributed by atoms with Crippen molar-refractivity contribution in [3.63, 3.8) is 0 Å². The summed E-state index contributed by atoms with van der Waals surface area (Å²) in [4.78, 5) is 13.9. The van der Waals surface area contributed by atoms with Crippen molar-refractivity contribution in [3.05, 3.63) is 0 Å². The first-order chi connectivity index (χ1) is 8.21. The lowest BCUT2D eigenvalue weighted by molar-refractivity contribution is -0.147. The first-order valence-corrected chi connectivity index (χ1v) is 6.35. The molecule has 0 spiro atoms. The fourth-order valence-electron chi connectivity index (χ4n) is 2.32. The molecule has 1 aliphatic heterocycles. The molecular formula is C12H24N2O3. The molecule has 1 rings (SSSR count). The van der Waals surface area contributed by atoms with Gasteiger partial charge in [0, 0.05) is 25.7 Å². The van der Waals surface area contributed by atoms with Crippen LogP contribution in [0.2, 0.25) is 0 Å². The van der Waals surface area contributed by atoms with Crippen molar-refractivity contribution in [2.75, 3.05) is 39.9 Å². The zero-order valence-electron chi connectivity index (χ0n) is 10.8. The number of nitrogens with one attached hydrogen (secondary N) is 1. The zero-order chi connectivity index (χ0) is 12.7. The van der Waals surface area contributed by atoms with Crippen molar-refractivity contribution in [2.24, 2.45) is 5.92 Å². The van der Waals surface area contributed by atoms with Gasteiger partial charge in [-0.25, -0.2) is 0 Å². The maximum atomic E-state index is 11.6. The highest BCUT2D eigenvalue weighted by Gasteiger charge is 2.31. The lowest BCUT2D eigenvalue weighted by Crippen LogP contribution is -2.51. The topological polar surface area (TPSA) is 61.8 Å². The molecule has 0 aliphatic carbocycles. The molecule has 2 N–H and O–H groups in total. The summed E-state index contributed by atoms with van der Waals surface area (Å²) in [5.74, 6) is -0.141. The van der Waals surface area contributed by atoms with Gasteiger partial charge < -0.3 is 20.1 Å². The average molecular weight is 244 g/mol. The number of rotatable bonds is 6. The predicted molar refractivity (Wildman–Crippen MR) is 65.7 cm³/mol. The van der Waals surface area contributed by atoms with Gasteiger partial charge in [0.25, 0.3) is 0 Å². The Hall–Kier alpha value is -0.650. The average Bonchev–Trinajstić information content (AvgIpc) is 2.37. The number of ether oxygens (including phenoxy) is 1. The van der Waals surface area contributed by atoms with E-state index in [1.54, 1.807) is 0 Å². The van der Waals surface area contributed by atoms with Crippen molar-refractivity contribution >= 4 is 5.97 Å². The maximum absolute atomic E-state index is 11.6. The van der Waals surface area contributed by atoms with E-state index in [1.165, 1.54) is 7.11 Å². The number of hydrogen-bond donors (Lipinski definition) is 2. The minimum absolute atomic E-state index is 0.0275. The number of hydrogen-bond acceptors (Lipinski definition) is 5. The van der Waals surface area contributed by atoms with E-state index in [9.17, 15) is 4.79 Å². The Balaban J connectivity index is 2.45. The summed E-state index contributed by atoms with van der Waals surface area (Å²) in [5, 5.41) is 12.1. The van der Waals surface area contributed by atoms with Crippen LogP contribution in [0.3, 0.4) is 0 Å². The molecule has 1 heterocycles. The number of likely N-dealkylation sites (tertiary alicyclic amines) is 1. The third-order valence-electron chi connectivity index (χ3n) is 3.28. The van der Waals surface area contributed by atoms with Crippen LogP contribution < -0.4 is 5.32 Å². The maximum Gasteiger partial charge on any atom is 0.310 e. The summed E-state index contributed by atoms with van der Waals surface area (Å²) in [6, 6.07) is 0.319. The number of esters is 1. The molecule has 0 amide bonds. The number of piperidine rings is 1. The van der Waals surface area contributed by atoms with Crippen molar-refractivity contribution in [2.45, 2.75) is 25.8 Å². The smallest absolute Gasteiger partial charge is 0.310 e. The number of nitrogens with zero attached hydrogens (tertiary/aromatic N) is 1. The molecule has 5 nitrogen and oxygen atoms in total. The van der Waals surface area contributed by atoms with Gasteiger partial charge in [-0.05, 0) is 25.9 Å². The molecule has 2 unspecified atom stereocenters. The standard InChI is InChI=1S/C12H24N2O3/c1-3-14-8-10(12(16)17-2)7-11(9-14)13-5-4-6-15/h10-11,13,15H,3-9H2,1-2H3. The van der Waals surface area contributed by atoms with Crippen LogP contribution in [0.1, 0.15) is 19.8 Å².